The lowest BCUT2D eigenvalue weighted by atomic mass is 10.0. The fourth-order valence-electron chi connectivity index (χ4n) is 3.46. The summed E-state index contributed by atoms with van der Waals surface area (Å²) in [7, 11) is 0. The third kappa shape index (κ3) is 3.72. The molecule has 3 aromatic heterocycles. The summed E-state index contributed by atoms with van der Waals surface area (Å²) >= 11 is 0. The van der Waals surface area contributed by atoms with E-state index in [2.05, 4.69) is 25.5 Å². The monoisotopic (exact) mass is 423 g/mol. The number of carbonyl (C=O) groups is 1. The number of piperidine rings is 1. The Balaban J connectivity index is 1.51. The summed E-state index contributed by atoms with van der Waals surface area (Å²) in [5.41, 5.74) is 5.38. The molecule has 4 rings (SSSR count). The molecule has 1 fully saturated rings. The summed E-state index contributed by atoms with van der Waals surface area (Å²) in [4.78, 5) is 20.3. The Hall–Kier alpha value is -3.44. The Kier molecular flexibility index (Phi) is 4.92. The Morgan fingerprint density at radius 2 is 2.07 bits per heavy atom. The van der Waals surface area contributed by atoms with E-state index in [0.29, 0.717) is 29.7 Å². The van der Waals surface area contributed by atoms with Crippen LogP contribution in [0.25, 0.3) is 11.0 Å². The molecule has 1 saturated heterocycles. The van der Waals surface area contributed by atoms with E-state index in [-0.39, 0.29) is 17.9 Å². The first-order valence-electron chi connectivity index (χ1n) is 9.06. The molecule has 0 radical (unpaired) electrons. The van der Waals surface area contributed by atoms with Crippen LogP contribution in [-0.2, 0) is 6.18 Å². The fraction of sp³-hybridized carbons (Fsp3) is 0.333. The second-order valence-electron chi connectivity index (χ2n) is 6.93. The molecule has 0 aromatic carbocycles. The van der Waals surface area contributed by atoms with Gasteiger partial charge in [0.2, 0.25) is 0 Å². The van der Waals surface area contributed by atoms with Gasteiger partial charge < -0.3 is 20.9 Å². The zero-order valence-electron chi connectivity index (χ0n) is 15.4. The quantitative estimate of drug-likeness (QED) is 0.556. The highest BCUT2D eigenvalue weighted by Crippen LogP contribution is 2.30. The third-order valence-corrected chi connectivity index (χ3v) is 4.99. The van der Waals surface area contributed by atoms with Gasteiger partial charge in [-0.3, -0.25) is 4.79 Å². The second-order valence-corrected chi connectivity index (χ2v) is 6.93. The van der Waals surface area contributed by atoms with Gasteiger partial charge in [0.25, 0.3) is 5.91 Å². The van der Waals surface area contributed by atoms with Crippen LogP contribution in [0.1, 0.15) is 22.5 Å². The number of H-pyrrole nitrogens is 1. The number of aromatic amines is 1. The molecule has 8 nitrogen and oxygen atoms in total. The summed E-state index contributed by atoms with van der Waals surface area (Å²) in [5.74, 6) is -0.528. The summed E-state index contributed by atoms with van der Waals surface area (Å²) in [6.45, 7) is 0.246. The molecule has 4 N–H and O–H groups in total. The SMILES string of the molecule is NC(=O)c1cnc2[nH]ccc2c1N[C@@H]1CCN(c2ccc(C(F)(F)F)nn2)C[C@@H]1F. The van der Waals surface area contributed by atoms with E-state index in [1.54, 1.807) is 12.3 Å². The van der Waals surface area contributed by atoms with Crippen LogP contribution in [0.5, 0.6) is 0 Å². The number of primary amides is 1. The maximum Gasteiger partial charge on any atom is 0.435 e. The van der Waals surface area contributed by atoms with E-state index in [0.717, 1.165) is 6.07 Å². The molecule has 0 bridgehead atoms. The van der Waals surface area contributed by atoms with E-state index in [4.69, 9.17) is 5.73 Å². The average Bonchev–Trinajstić information content (AvgIpc) is 3.18. The lowest BCUT2D eigenvalue weighted by Crippen LogP contribution is -2.48. The van der Waals surface area contributed by atoms with Gasteiger partial charge in [-0.15, -0.1) is 10.2 Å². The first kappa shape index (κ1) is 19.9. The molecular formula is C18H17F4N7O. The molecule has 2 atom stereocenters. The van der Waals surface area contributed by atoms with Crippen LogP contribution >= 0.6 is 0 Å². The third-order valence-electron chi connectivity index (χ3n) is 4.99. The number of amides is 1. The zero-order chi connectivity index (χ0) is 21.5. The number of carbonyl (C=O) groups excluding carboxylic acids is 1. The average molecular weight is 423 g/mol. The van der Waals surface area contributed by atoms with E-state index in [1.807, 2.05) is 0 Å². The predicted octanol–water partition coefficient (Wildman–Crippen LogP) is 2.50. The second kappa shape index (κ2) is 7.43. The van der Waals surface area contributed by atoms with E-state index in [1.165, 1.54) is 17.2 Å². The number of nitrogens with one attached hydrogen (secondary N) is 2. The van der Waals surface area contributed by atoms with Crippen LogP contribution < -0.4 is 16.0 Å². The molecular weight excluding hydrogens is 406 g/mol. The van der Waals surface area contributed by atoms with Gasteiger partial charge in [0, 0.05) is 24.3 Å². The number of hydrogen-bond donors (Lipinski definition) is 3. The first-order chi connectivity index (χ1) is 14.2. The minimum atomic E-state index is -4.59. The van der Waals surface area contributed by atoms with Crippen LogP contribution in [0.2, 0.25) is 0 Å². The minimum Gasteiger partial charge on any atom is -0.378 e. The van der Waals surface area contributed by atoms with Gasteiger partial charge in [0.05, 0.1) is 23.8 Å². The Labute approximate surface area is 167 Å². The van der Waals surface area contributed by atoms with Crippen molar-refractivity contribution < 1.29 is 22.4 Å². The maximum atomic E-state index is 14.9. The van der Waals surface area contributed by atoms with E-state index >= 15 is 0 Å². The number of nitrogens with two attached hydrogens (primary N) is 1. The van der Waals surface area contributed by atoms with Gasteiger partial charge in [0.15, 0.2) is 11.5 Å². The number of aromatic nitrogens is 4. The van der Waals surface area contributed by atoms with Crippen molar-refractivity contribution >= 4 is 28.4 Å². The van der Waals surface area contributed by atoms with Crippen LogP contribution in [0.4, 0.5) is 29.1 Å². The molecule has 0 spiro atoms. The van der Waals surface area contributed by atoms with Crippen molar-refractivity contribution in [2.75, 3.05) is 23.3 Å². The lowest BCUT2D eigenvalue weighted by molar-refractivity contribution is -0.141. The number of alkyl halides is 4. The van der Waals surface area contributed by atoms with Crippen molar-refractivity contribution in [3.05, 3.63) is 41.9 Å². The van der Waals surface area contributed by atoms with Crippen molar-refractivity contribution in [1.82, 2.24) is 20.2 Å². The van der Waals surface area contributed by atoms with Gasteiger partial charge in [-0.25, -0.2) is 9.37 Å². The summed E-state index contributed by atoms with van der Waals surface area (Å²) in [6, 6.07) is 3.06. The number of halogens is 4. The number of rotatable bonds is 4. The lowest BCUT2D eigenvalue weighted by Gasteiger charge is -2.36. The summed E-state index contributed by atoms with van der Waals surface area (Å²) in [5, 5.41) is 10.4. The number of fused-ring (bicyclic) bond motifs is 1. The topological polar surface area (TPSA) is 113 Å². The highest BCUT2D eigenvalue weighted by Gasteiger charge is 2.34. The number of hydrogen-bond acceptors (Lipinski definition) is 6. The number of pyridine rings is 1. The Morgan fingerprint density at radius 3 is 2.70 bits per heavy atom. The molecule has 1 aliphatic heterocycles. The van der Waals surface area contributed by atoms with Crippen molar-refractivity contribution in [2.45, 2.75) is 24.8 Å². The Bertz CT molecular complexity index is 1070. The van der Waals surface area contributed by atoms with Gasteiger partial charge in [-0.2, -0.15) is 13.2 Å². The van der Waals surface area contributed by atoms with E-state index < -0.39 is 30.0 Å². The van der Waals surface area contributed by atoms with Gasteiger partial charge in [-0.1, -0.05) is 0 Å². The van der Waals surface area contributed by atoms with Crippen molar-refractivity contribution in [1.29, 1.82) is 0 Å². The van der Waals surface area contributed by atoms with Gasteiger partial charge in [-0.05, 0) is 24.6 Å². The smallest absolute Gasteiger partial charge is 0.378 e. The molecule has 0 unspecified atom stereocenters. The van der Waals surface area contributed by atoms with Crippen molar-refractivity contribution in [3.8, 4) is 0 Å². The van der Waals surface area contributed by atoms with E-state index in [9.17, 15) is 22.4 Å². The standard InChI is InChI=1S/C18H17F4N7O/c19-11-8-29(14-2-1-13(27-28-14)18(20,21)22)6-4-12(11)26-15-9-3-5-24-17(9)25-7-10(15)16(23)30/h1-3,5,7,11-12H,4,6,8H2,(H2,23,30)(H2,24,25,26)/t11-,12+/m0/s1. The maximum absolute atomic E-state index is 14.9. The van der Waals surface area contributed by atoms with Gasteiger partial charge >= 0.3 is 6.18 Å². The zero-order valence-corrected chi connectivity index (χ0v) is 15.4. The van der Waals surface area contributed by atoms with Crippen LogP contribution in [0.3, 0.4) is 0 Å². The van der Waals surface area contributed by atoms with Crippen molar-refractivity contribution in [3.63, 3.8) is 0 Å². The molecule has 1 aliphatic rings. The molecule has 4 heterocycles. The Morgan fingerprint density at radius 1 is 1.27 bits per heavy atom. The van der Waals surface area contributed by atoms with Gasteiger partial charge in [0.1, 0.15) is 11.8 Å². The van der Waals surface area contributed by atoms with Crippen LogP contribution in [0, 0.1) is 0 Å². The summed E-state index contributed by atoms with van der Waals surface area (Å²) in [6.07, 6.45) is -2.69. The van der Waals surface area contributed by atoms with Crippen molar-refractivity contribution in [2.24, 2.45) is 5.73 Å². The number of nitrogens with zero attached hydrogens (tertiary/aromatic N) is 4. The largest absolute Gasteiger partial charge is 0.435 e. The molecule has 158 valence electrons. The highest BCUT2D eigenvalue weighted by atomic mass is 19.4. The highest BCUT2D eigenvalue weighted by molar-refractivity contribution is 6.06. The molecule has 0 aliphatic carbocycles. The molecule has 0 saturated carbocycles. The molecule has 12 heteroatoms. The fourth-order valence-corrected chi connectivity index (χ4v) is 3.46. The molecule has 1 amide bonds. The first-order valence-corrected chi connectivity index (χ1v) is 9.06. The predicted molar refractivity (Wildman–Crippen MR) is 101 cm³/mol. The molecule has 3 aromatic rings. The minimum absolute atomic E-state index is 0.0923. The number of anilines is 2. The normalized spacial score (nSPS) is 19.8. The van der Waals surface area contributed by atoms with Crippen LogP contribution in [0.15, 0.2) is 30.6 Å². The summed E-state index contributed by atoms with van der Waals surface area (Å²) < 4.78 is 52.8. The molecule has 30 heavy (non-hydrogen) atoms. The van der Waals surface area contributed by atoms with Crippen LogP contribution in [-0.4, -0.2) is 51.4 Å².